The molecular formula is C21H32N4O2S. The smallest absolute Gasteiger partial charge is 0.287 e. The molecule has 28 heavy (non-hydrogen) atoms. The van der Waals surface area contributed by atoms with Gasteiger partial charge < -0.3 is 14.6 Å². The average Bonchev–Trinajstić information content (AvgIpc) is 3.09. The van der Waals surface area contributed by atoms with Crippen LogP contribution in [0.2, 0.25) is 0 Å². The summed E-state index contributed by atoms with van der Waals surface area (Å²) in [5, 5.41) is 3.55. The number of amides is 1. The molecule has 0 spiro atoms. The van der Waals surface area contributed by atoms with Gasteiger partial charge in [-0.2, -0.15) is 0 Å². The fourth-order valence-electron chi connectivity index (χ4n) is 2.62. The van der Waals surface area contributed by atoms with Crippen molar-refractivity contribution >= 4 is 23.5 Å². The van der Waals surface area contributed by atoms with Gasteiger partial charge in [0.05, 0.1) is 11.4 Å². The van der Waals surface area contributed by atoms with E-state index in [0.717, 1.165) is 35.5 Å². The lowest BCUT2D eigenvalue weighted by Gasteiger charge is -2.24. The molecule has 2 aromatic heterocycles. The van der Waals surface area contributed by atoms with Gasteiger partial charge in [-0.3, -0.25) is 4.79 Å². The Morgan fingerprint density at radius 3 is 2.46 bits per heavy atom. The van der Waals surface area contributed by atoms with Crippen molar-refractivity contribution in [3.63, 3.8) is 0 Å². The van der Waals surface area contributed by atoms with Crippen LogP contribution in [0.4, 0.5) is 5.82 Å². The third-order valence-electron chi connectivity index (χ3n) is 4.20. The Kier molecular flexibility index (Phi) is 7.52. The van der Waals surface area contributed by atoms with Gasteiger partial charge >= 0.3 is 0 Å². The Hall–Kier alpha value is -2.02. The molecule has 2 rings (SSSR count). The highest BCUT2D eigenvalue weighted by Gasteiger charge is 2.20. The van der Waals surface area contributed by atoms with Gasteiger partial charge in [0.1, 0.15) is 11.6 Å². The lowest BCUT2D eigenvalue weighted by molar-refractivity contribution is 0.0913. The Morgan fingerprint density at radius 1 is 1.21 bits per heavy atom. The van der Waals surface area contributed by atoms with E-state index in [-0.39, 0.29) is 17.4 Å². The molecule has 0 aromatic carbocycles. The quantitative estimate of drug-likeness (QED) is 0.510. The number of carbonyl (C=O) groups excluding carboxylic acids is 1. The van der Waals surface area contributed by atoms with E-state index in [0.29, 0.717) is 11.5 Å². The zero-order chi connectivity index (χ0) is 20.9. The number of carbonyl (C=O) groups is 1. The number of aromatic nitrogens is 2. The molecular weight excluding hydrogens is 372 g/mol. The van der Waals surface area contributed by atoms with Crippen LogP contribution in [0.15, 0.2) is 27.8 Å². The highest BCUT2D eigenvalue weighted by Crippen LogP contribution is 2.28. The molecule has 0 saturated heterocycles. The van der Waals surface area contributed by atoms with Gasteiger partial charge in [0, 0.05) is 30.6 Å². The predicted octanol–water partition coefficient (Wildman–Crippen LogP) is 4.64. The summed E-state index contributed by atoms with van der Waals surface area (Å²) < 4.78 is 5.69. The molecule has 6 nitrogen and oxygen atoms in total. The Morgan fingerprint density at radius 2 is 1.89 bits per heavy atom. The predicted molar refractivity (Wildman–Crippen MR) is 115 cm³/mol. The minimum atomic E-state index is -0.193. The van der Waals surface area contributed by atoms with Crippen molar-refractivity contribution in [2.24, 2.45) is 0 Å². The molecule has 0 atom stereocenters. The molecule has 154 valence electrons. The minimum Gasteiger partial charge on any atom is -0.455 e. The van der Waals surface area contributed by atoms with E-state index in [1.165, 1.54) is 11.8 Å². The number of hydrogen-bond acceptors (Lipinski definition) is 6. The van der Waals surface area contributed by atoms with Crippen LogP contribution >= 0.6 is 11.8 Å². The van der Waals surface area contributed by atoms with Gasteiger partial charge in [0.2, 0.25) is 0 Å². The largest absolute Gasteiger partial charge is 0.455 e. The molecule has 2 aromatic rings. The van der Waals surface area contributed by atoms with Crippen molar-refractivity contribution in [1.29, 1.82) is 0 Å². The van der Waals surface area contributed by atoms with Crippen LogP contribution in [-0.2, 0) is 11.2 Å². The van der Waals surface area contributed by atoms with Crippen LogP contribution in [0.1, 0.15) is 70.5 Å². The summed E-state index contributed by atoms with van der Waals surface area (Å²) in [6.45, 7) is 16.4. The number of furan rings is 1. The van der Waals surface area contributed by atoms with Crippen LogP contribution in [0.5, 0.6) is 0 Å². The summed E-state index contributed by atoms with van der Waals surface area (Å²) in [5.41, 5.74) is 0.954. The van der Waals surface area contributed by atoms with E-state index in [1.807, 2.05) is 19.9 Å². The maximum atomic E-state index is 12.0. The van der Waals surface area contributed by atoms with Gasteiger partial charge in [-0.15, -0.1) is 0 Å². The zero-order valence-corrected chi connectivity index (χ0v) is 18.8. The Balaban J connectivity index is 2.18. The third-order valence-corrected chi connectivity index (χ3v) is 5.07. The summed E-state index contributed by atoms with van der Waals surface area (Å²) in [7, 11) is 0. The molecule has 1 N–H and O–H groups in total. The van der Waals surface area contributed by atoms with Gasteiger partial charge in [-0.1, -0.05) is 32.5 Å². The van der Waals surface area contributed by atoms with E-state index in [4.69, 9.17) is 14.4 Å². The van der Waals surface area contributed by atoms with Crippen LogP contribution in [0.3, 0.4) is 0 Å². The standard InChI is InChI=1S/C21H32N4O2S/c1-8-25(9-2)18-12-17(21(5,6)7)23-20(24-18)28-13-15-10-11-16(27-15)19(26)22-14(3)4/h10-12,14H,8-9,13H2,1-7H3,(H,22,26). The highest BCUT2D eigenvalue weighted by atomic mass is 32.2. The van der Waals surface area contributed by atoms with Gasteiger partial charge in [0.25, 0.3) is 5.91 Å². The number of rotatable bonds is 8. The first kappa shape index (κ1) is 22.3. The third kappa shape index (κ3) is 5.99. The fraction of sp³-hybridized carbons (Fsp3) is 0.571. The van der Waals surface area contributed by atoms with Crippen molar-refractivity contribution in [2.75, 3.05) is 18.0 Å². The molecule has 0 unspecified atom stereocenters. The van der Waals surface area contributed by atoms with Crippen LogP contribution in [0.25, 0.3) is 0 Å². The maximum Gasteiger partial charge on any atom is 0.287 e. The van der Waals surface area contributed by atoms with E-state index in [2.05, 4.69) is 50.9 Å². The van der Waals surface area contributed by atoms with Gasteiger partial charge in [-0.25, -0.2) is 9.97 Å². The second-order valence-electron chi connectivity index (χ2n) is 8.00. The monoisotopic (exact) mass is 404 g/mol. The summed E-state index contributed by atoms with van der Waals surface area (Å²) in [5.74, 6) is 2.38. The first-order chi connectivity index (χ1) is 13.1. The molecule has 0 radical (unpaired) electrons. The van der Waals surface area contributed by atoms with Gasteiger partial charge in [-0.05, 0) is 39.8 Å². The molecule has 0 aliphatic rings. The molecule has 0 saturated carbocycles. The number of nitrogens with one attached hydrogen (secondary N) is 1. The molecule has 0 fully saturated rings. The number of hydrogen-bond donors (Lipinski definition) is 1. The average molecular weight is 405 g/mol. The van der Waals surface area contributed by atoms with E-state index < -0.39 is 0 Å². The Bertz CT molecular complexity index is 792. The summed E-state index contributed by atoms with van der Waals surface area (Å²) in [4.78, 5) is 23.8. The SMILES string of the molecule is CCN(CC)c1cc(C(C)(C)C)nc(SCc2ccc(C(=O)NC(C)C)o2)n1. The first-order valence-corrected chi connectivity index (χ1v) is 10.8. The second-order valence-corrected chi connectivity index (χ2v) is 8.94. The molecule has 7 heteroatoms. The Labute approximate surface area is 172 Å². The minimum absolute atomic E-state index is 0.0626. The molecule has 0 aliphatic carbocycles. The van der Waals surface area contributed by atoms with Crippen molar-refractivity contribution in [3.8, 4) is 0 Å². The number of nitrogens with zero attached hydrogens (tertiary/aromatic N) is 3. The summed E-state index contributed by atoms with van der Waals surface area (Å²) >= 11 is 1.52. The second kappa shape index (κ2) is 9.45. The molecule has 0 bridgehead atoms. The van der Waals surface area contributed by atoms with Crippen molar-refractivity contribution in [2.45, 2.75) is 70.8 Å². The lowest BCUT2D eigenvalue weighted by Crippen LogP contribution is -2.29. The normalized spacial score (nSPS) is 11.7. The van der Waals surface area contributed by atoms with E-state index in [1.54, 1.807) is 6.07 Å². The van der Waals surface area contributed by atoms with E-state index >= 15 is 0 Å². The molecule has 2 heterocycles. The van der Waals surface area contributed by atoms with Crippen molar-refractivity contribution in [3.05, 3.63) is 35.4 Å². The van der Waals surface area contributed by atoms with E-state index in [9.17, 15) is 4.79 Å². The fourth-order valence-corrected chi connectivity index (χ4v) is 3.37. The van der Waals surface area contributed by atoms with Crippen molar-refractivity contribution < 1.29 is 9.21 Å². The maximum absolute atomic E-state index is 12.0. The van der Waals surface area contributed by atoms with Crippen LogP contribution in [0, 0.1) is 0 Å². The molecule has 0 aliphatic heterocycles. The molecule has 1 amide bonds. The highest BCUT2D eigenvalue weighted by molar-refractivity contribution is 7.98. The summed E-state index contributed by atoms with van der Waals surface area (Å²) in [6, 6.07) is 5.70. The summed E-state index contributed by atoms with van der Waals surface area (Å²) in [6.07, 6.45) is 0. The zero-order valence-electron chi connectivity index (χ0n) is 18.0. The number of thioether (sulfide) groups is 1. The number of anilines is 1. The van der Waals surface area contributed by atoms with Crippen LogP contribution in [-0.4, -0.2) is 35.0 Å². The topological polar surface area (TPSA) is 71.3 Å². The lowest BCUT2D eigenvalue weighted by atomic mass is 9.92. The van der Waals surface area contributed by atoms with Crippen LogP contribution < -0.4 is 10.2 Å². The van der Waals surface area contributed by atoms with Gasteiger partial charge in [0.15, 0.2) is 10.9 Å². The van der Waals surface area contributed by atoms with Crippen molar-refractivity contribution in [1.82, 2.24) is 15.3 Å². The first-order valence-electron chi connectivity index (χ1n) is 9.80.